The number of aromatic nitrogens is 1. The number of ether oxygens (including phenoxy) is 1. The molecular formula is C30H36FN3O3S. The third kappa shape index (κ3) is 6.35. The number of halogens is 1. The van der Waals surface area contributed by atoms with Gasteiger partial charge in [-0.25, -0.2) is 9.37 Å². The molecule has 2 fully saturated rings. The molecule has 0 saturated carbocycles. The molecule has 0 radical (unpaired) electrons. The zero-order valence-electron chi connectivity index (χ0n) is 22.2. The Labute approximate surface area is 228 Å². The van der Waals surface area contributed by atoms with Gasteiger partial charge in [0, 0.05) is 43.7 Å². The van der Waals surface area contributed by atoms with Crippen molar-refractivity contribution in [2.75, 3.05) is 31.1 Å². The zero-order chi connectivity index (χ0) is 26.6. The number of thiazole rings is 1. The number of aliphatic carboxylic acids is 1. The monoisotopic (exact) mass is 537 g/mol. The van der Waals surface area contributed by atoms with Crippen LogP contribution in [-0.4, -0.2) is 53.3 Å². The van der Waals surface area contributed by atoms with E-state index in [0.717, 1.165) is 52.9 Å². The Morgan fingerprint density at radius 3 is 2.55 bits per heavy atom. The maximum Gasteiger partial charge on any atom is 0.306 e. The molecule has 2 aromatic carbocycles. The highest BCUT2D eigenvalue weighted by Gasteiger charge is 2.26. The second kappa shape index (κ2) is 11.8. The average molecular weight is 538 g/mol. The van der Waals surface area contributed by atoms with E-state index < -0.39 is 12.1 Å². The van der Waals surface area contributed by atoms with Gasteiger partial charge >= 0.3 is 5.97 Å². The van der Waals surface area contributed by atoms with Crippen LogP contribution < -0.4 is 9.64 Å². The van der Waals surface area contributed by atoms with Crippen LogP contribution in [0.15, 0.2) is 41.8 Å². The third-order valence-electron chi connectivity index (χ3n) is 7.73. The highest BCUT2D eigenvalue weighted by atomic mass is 32.1. The van der Waals surface area contributed by atoms with E-state index in [9.17, 15) is 14.3 Å². The van der Waals surface area contributed by atoms with E-state index in [4.69, 9.17) is 9.72 Å². The van der Waals surface area contributed by atoms with Crippen LogP contribution in [0.4, 0.5) is 9.52 Å². The lowest BCUT2D eigenvalue weighted by Crippen LogP contribution is -2.36. The zero-order valence-corrected chi connectivity index (χ0v) is 23.0. The maximum atomic E-state index is 13.5. The Hall–Kier alpha value is -2.97. The number of carbonyl (C=O) groups is 1. The van der Waals surface area contributed by atoms with E-state index in [1.807, 2.05) is 6.07 Å². The summed E-state index contributed by atoms with van der Waals surface area (Å²) in [6.07, 6.45) is 1.92. The lowest BCUT2D eigenvalue weighted by Gasteiger charge is -2.29. The minimum Gasteiger partial charge on any atom is -0.488 e. The molecule has 6 nitrogen and oxygen atoms in total. The largest absolute Gasteiger partial charge is 0.488 e. The molecule has 2 saturated heterocycles. The van der Waals surface area contributed by atoms with Crippen molar-refractivity contribution in [2.45, 2.75) is 58.9 Å². The van der Waals surface area contributed by atoms with Gasteiger partial charge in [0.25, 0.3) is 0 Å². The summed E-state index contributed by atoms with van der Waals surface area (Å²) in [5.41, 5.74) is 6.58. The molecule has 0 amide bonds. The first-order valence-corrected chi connectivity index (χ1v) is 14.4. The molecule has 5 rings (SSSR count). The minimum atomic E-state index is -0.700. The number of rotatable bonds is 8. The minimum absolute atomic E-state index is 0.256. The Bertz CT molecular complexity index is 1260. The number of alkyl halides is 1. The van der Waals surface area contributed by atoms with Gasteiger partial charge in [-0.2, -0.15) is 0 Å². The molecule has 0 bridgehead atoms. The standard InChI is InChI=1S/C30H36FN3O3S/c1-20-3-6-28(26(15-20)27-19-38-30(32-27)34-13-7-23(8-14-34)29(35)36)37-18-24-5-4-22(16-21(24)2)17-33-11-9-25(31)10-12-33/h3-6,15-16,19,23,25H,7-14,17-18H2,1-2H3,(H,35,36). The van der Waals surface area contributed by atoms with Crippen LogP contribution in [0.5, 0.6) is 5.75 Å². The van der Waals surface area contributed by atoms with Crippen LogP contribution in [0.1, 0.15) is 47.9 Å². The van der Waals surface area contributed by atoms with Crippen LogP contribution in [0.25, 0.3) is 11.3 Å². The first-order valence-electron chi connectivity index (χ1n) is 13.5. The Balaban J connectivity index is 1.25. The molecular weight excluding hydrogens is 501 g/mol. The van der Waals surface area contributed by atoms with Gasteiger partial charge in [-0.1, -0.05) is 29.8 Å². The number of carboxylic acid groups (broad SMARTS) is 1. The van der Waals surface area contributed by atoms with E-state index in [2.05, 4.69) is 59.4 Å². The van der Waals surface area contributed by atoms with E-state index >= 15 is 0 Å². The number of piperidine rings is 2. The second-order valence-electron chi connectivity index (χ2n) is 10.6. The number of aryl methyl sites for hydroxylation is 2. The predicted molar refractivity (Wildman–Crippen MR) is 150 cm³/mol. The number of carboxylic acids is 1. The van der Waals surface area contributed by atoms with Crippen molar-refractivity contribution in [1.82, 2.24) is 9.88 Å². The van der Waals surface area contributed by atoms with Crippen molar-refractivity contribution in [1.29, 1.82) is 0 Å². The quantitative estimate of drug-likeness (QED) is 0.367. The maximum absolute atomic E-state index is 13.5. The normalized spacial score (nSPS) is 17.6. The summed E-state index contributed by atoms with van der Waals surface area (Å²) in [7, 11) is 0. The molecule has 1 N–H and O–H groups in total. The number of benzene rings is 2. The number of likely N-dealkylation sites (tertiary alicyclic amines) is 1. The molecule has 2 aliphatic heterocycles. The van der Waals surface area contributed by atoms with Gasteiger partial charge in [0.05, 0.1) is 11.6 Å². The molecule has 8 heteroatoms. The summed E-state index contributed by atoms with van der Waals surface area (Å²) in [4.78, 5) is 20.7. The highest BCUT2D eigenvalue weighted by Crippen LogP contribution is 2.36. The first kappa shape index (κ1) is 26.6. The molecule has 3 heterocycles. The predicted octanol–water partition coefficient (Wildman–Crippen LogP) is 6.24. The van der Waals surface area contributed by atoms with Gasteiger partial charge in [0.2, 0.25) is 0 Å². The molecule has 0 atom stereocenters. The van der Waals surface area contributed by atoms with Crippen LogP contribution in [-0.2, 0) is 17.9 Å². The van der Waals surface area contributed by atoms with Gasteiger partial charge in [-0.15, -0.1) is 11.3 Å². The molecule has 0 aliphatic carbocycles. The van der Waals surface area contributed by atoms with Crippen LogP contribution >= 0.6 is 11.3 Å². The molecule has 3 aromatic rings. The molecule has 2 aliphatic rings. The van der Waals surface area contributed by atoms with Gasteiger partial charge in [-0.3, -0.25) is 9.69 Å². The third-order valence-corrected chi connectivity index (χ3v) is 8.63. The summed E-state index contributed by atoms with van der Waals surface area (Å²) < 4.78 is 19.8. The first-order chi connectivity index (χ1) is 18.4. The van der Waals surface area contributed by atoms with Gasteiger partial charge in [-0.05, 0) is 68.4 Å². The SMILES string of the molecule is Cc1ccc(OCc2ccc(CN3CCC(F)CC3)cc2C)c(-c2csc(N3CCC(C(=O)O)CC3)n2)c1. The number of anilines is 1. The van der Waals surface area contributed by atoms with Gasteiger partial charge < -0.3 is 14.7 Å². The molecule has 0 spiro atoms. The topological polar surface area (TPSA) is 65.9 Å². The van der Waals surface area contributed by atoms with E-state index in [-0.39, 0.29) is 5.92 Å². The van der Waals surface area contributed by atoms with E-state index in [0.29, 0.717) is 45.4 Å². The van der Waals surface area contributed by atoms with Crippen molar-refractivity contribution in [3.63, 3.8) is 0 Å². The lowest BCUT2D eigenvalue weighted by atomic mass is 9.97. The van der Waals surface area contributed by atoms with Crippen LogP contribution in [0, 0.1) is 19.8 Å². The molecule has 38 heavy (non-hydrogen) atoms. The number of hydrogen-bond donors (Lipinski definition) is 1. The van der Waals surface area contributed by atoms with Crippen molar-refractivity contribution in [3.8, 4) is 17.0 Å². The number of hydrogen-bond acceptors (Lipinski definition) is 6. The molecule has 0 unspecified atom stereocenters. The number of nitrogens with zero attached hydrogens (tertiary/aromatic N) is 3. The smallest absolute Gasteiger partial charge is 0.306 e. The second-order valence-corrected chi connectivity index (χ2v) is 11.5. The summed E-state index contributed by atoms with van der Waals surface area (Å²) in [5, 5.41) is 12.3. The van der Waals surface area contributed by atoms with Crippen molar-refractivity contribution < 1.29 is 19.0 Å². The Morgan fingerprint density at radius 1 is 1.08 bits per heavy atom. The summed E-state index contributed by atoms with van der Waals surface area (Å²) in [6, 6.07) is 12.7. The van der Waals surface area contributed by atoms with E-state index in [1.165, 1.54) is 11.1 Å². The van der Waals surface area contributed by atoms with E-state index in [1.54, 1.807) is 11.3 Å². The average Bonchev–Trinajstić information content (AvgIpc) is 3.40. The van der Waals surface area contributed by atoms with Crippen LogP contribution in [0.2, 0.25) is 0 Å². The van der Waals surface area contributed by atoms with Gasteiger partial charge in [0.1, 0.15) is 18.5 Å². The fourth-order valence-electron chi connectivity index (χ4n) is 5.31. The van der Waals surface area contributed by atoms with Crippen molar-refractivity contribution in [2.24, 2.45) is 5.92 Å². The Morgan fingerprint density at radius 2 is 1.84 bits per heavy atom. The molecule has 202 valence electrons. The van der Waals surface area contributed by atoms with Gasteiger partial charge in [0.15, 0.2) is 5.13 Å². The molecule has 1 aromatic heterocycles. The summed E-state index contributed by atoms with van der Waals surface area (Å²) in [6.45, 7) is 8.57. The summed E-state index contributed by atoms with van der Waals surface area (Å²) in [5.74, 6) is -0.155. The fraction of sp³-hybridized carbons (Fsp3) is 0.467. The van der Waals surface area contributed by atoms with Crippen molar-refractivity contribution in [3.05, 3.63) is 64.0 Å². The summed E-state index contributed by atoms with van der Waals surface area (Å²) >= 11 is 1.59. The van der Waals surface area contributed by atoms with Crippen molar-refractivity contribution >= 4 is 22.4 Å². The Kier molecular flexibility index (Phi) is 8.29. The highest BCUT2D eigenvalue weighted by molar-refractivity contribution is 7.14. The van der Waals surface area contributed by atoms with Crippen LogP contribution in [0.3, 0.4) is 0 Å². The lowest BCUT2D eigenvalue weighted by molar-refractivity contribution is -0.142. The fourth-order valence-corrected chi connectivity index (χ4v) is 6.19.